The molecule has 0 N–H and O–H groups in total. The van der Waals surface area contributed by atoms with E-state index in [0.717, 1.165) is 11.1 Å². The van der Waals surface area contributed by atoms with Gasteiger partial charge in [-0.15, -0.1) is 0 Å². The van der Waals surface area contributed by atoms with Gasteiger partial charge in [-0.05, 0) is 33.3 Å². The molecule has 1 aromatic rings. The predicted molar refractivity (Wildman–Crippen MR) is 48.4 cm³/mol. The van der Waals surface area contributed by atoms with Crippen LogP contribution in [0, 0.1) is 13.8 Å². The summed E-state index contributed by atoms with van der Waals surface area (Å²) in [5, 5.41) is 4.04. The van der Waals surface area contributed by atoms with Gasteiger partial charge >= 0.3 is 0 Å². The highest BCUT2D eigenvalue weighted by Crippen LogP contribution is 2.01. The number of aryl methyl sites for hydroxylation is 1. The van der Waals surface area contributed by atoms with Gasteiger partial charge in [0.2, 0.25) is 0 Å². The number of hydrogen-bond donors (Lipinski definition) is 0. The zero-order chi connectivity index (χ0) is 9.30. The molecule has 0 amide bonds. The maximum Gasteiger partial charge on any atom is 0.270 e. The molecule has 66 valence electrons. The molecule has 0 aromatic carbocycles. The third kappa shape index (κ3) is 1.40. The summed E-state index contributed by atoms with van der Waals surface area (Å²) in [5.74, 6) is 0. The fourth-order valence-electron chi connectivity index (χ4n) is 1.01. The fraction of sp³-hybridized carbons (Fsp3) is 0.556. The third-order valence-corrected chi connectivity index (χ3v) is 1.99. The highest BCUT2D eigenvalue weighted by atomic mass is 16.1. The summed E-state index contributed by atoms with van der Waals surface area (Å²) < 4.78 is 1.50. The van der Waals surface area contributed by atoms with E-state index in [1.807, 2.05) is 27.7 Å². The average Bonchev–Trinajstić information content (AvgIpc) is 2.00. The van der Waals surface area contributed by atoms with E-state index in [0.29, 0.717) is 0 Å². The molecule has 0 saturated carbocycles. The van der Waals surface area contributed by atoms with E-state index < -0.39 is 0 Å². The second kappa shape index (κ2) is 3.09. The van der Waals surface area contributed by atoms with E-state index >= 15 is 0 Å². The molecule has 1 rings (SSSR count). The topological polar surface area (TPSA) is 34.9 Å². The van der Waals surface area contributed by atoms with Crippen LogP contribution in [0.3, 0.4) is 0 Å². The summed E-state index contributed by atoms with van der Waals surface area (Å²) >= 11 is 0. The van der Waals surface area contributed by atoms with Crippen LogP contribution in [0.15, 0.2) is 11.0 Å². The first-order valence-electron chi connectivity index (χ1n) is 4.09. The summed E-state index contributed by atoms with van der Waals surface area (Å²) in [6.07, 6.45) is 1.73. The molecular weight excluding hydrogens is 152 g/mol. The van der Waals surface area contributed by atoms with Crippen LogP contribution in [0.4, 0.5) is 0 Å². The van der Waals surface area contributed by atoms with Crippen LogP contribution in [0.5, 0.6) is 0 Å². The SMILES string of the molecule is Cc1cnn(C(C)C)c(=O)c1C. The molecule has 0 unspecified atom stereocenters. The van der Waals surface area contributed by atoms with Crippen LogP contribution in [0.1, 0.15) is 31.0 Å². The van der Waals surface area contributed by atoms with Gasteiger partial charge in [-0.3, -0.25) is 4.79 Å². The summed E-state index contributed by atoms with van der Waals surface area (Å²) in [5.41, 5.74) is 1.76. The smallest absolute Gasteiger partial charge is 0.267 e. The highest BCUT2D eigenvalue weighted by Gasteiger charge is 2.05. The van der Waals surface area contributed by atoms with E-state index in [9.17, 15) is 4.79 Å². The Hall–Kier alpha value is -1.12. The van der Waals surface area contributed by atoms with E-state index in [4.69, 9.17) is 0 Å². The largest absolute Gasteiger partial charge is 0.270 e. The van der Waals surface area contributed by atoms with Gasteiger partial charge in [-0.1, -0.05) is 0 Å². The number of rotatable bonds is 1. The Morgan fingerprint density at radius 2 is 2.00 bits per heavy atom. The lowest BCUT2D eigenvalue weighted by Crippen LogP contribution is -2.26. The van der Waals surface area contributed by atoms with Crippen molar-refractivity contribution in [1.82, 2.24) is 9.78 Å². The van der Waals surface area contributed by atoms with Crippen molar-refractivity contribution in [3.8, 4) is 0 Å². The molecule has 1 heterocycles. The Morgan fingerprint density at radius 3 is 2.50 bits per heavy atom. The van der Waals surface area contributed by atoms with Crippen molar-refractivity contribution in [3.63, 3.8) is 0 Å². The lowest BCUT2D eigenvalue weighted by molar-refractivity contribution is 0.498. The van der Waals surface area contributed by atoms with Gasteiger partial charge in [0.25, 0.3) is 5.56 Å². The third-order valence-electron chi connectivity index (χ3n) is 1.99. The molecule has 0 atom stereocenters. The monoisotopic (exact) mass is 166 g/mol. The van der Waals surface area contributed by atoms with Gasteiger partial charge < -0.3 is 0 Å². The Morgan fingerprint density at radius 1 is 1.42 bits per heavy atom. The fourth-order valence-corrected chi connectivity index (χ4v) is 1.01. The molecule has 1 aromatic heterocycles. The van der Waals surface area contributed by atoms with Crippen molar-refractivity contribution in [3.05, 3.63) is 27.7 Å². The highest BCUT2D eigenvalue weighted by molar-refractivity contribution is 5.17. The first-order valence-corrected chi connectivity index (χ1v) is 4.09. The second-order valence-corrected chi connectivity index (χ2v) is 3.30. The minimum absolute atomic E-state index is 0.0185. The van der Waals surface area contributed by atoms with E-state index in [1.54, 1.807) is 6.20 Å². The Balaban J connectivity index is 3.37. The van der Waals surface area contributed by atoms with E-state index in [1.165, 1.54) is 4.68 Å². The molecular formula is C9H14N2O. The molecule has 0 aliphatic carbocycles. The van der Waals surface area contributed by atoms with Gasteiger partial charge in [-0.2, -0.15) is 5.10 Å². The van der Waals surface area contributed by atoms with Gasteiger partial charge in [0.05, 0.1) is 12.2 Å². The van der Waals surface area contributed by atoms with Gasteiger partial charge in [0.15, 0.2) is 0 Å². The molecule has 0 aliphatic rings. The Kier molecular flexibility index (Phi) is 2.31. The molecule has 3 heteroatoms. The summed E-state index contributed by atoms with van der Waals surface area (Å²) in [6, 6.07) is 0.136. The van der Waals surface area contributed by atoms with Crippen molar-refractivity contribution in [2.75, 3.05) is 0 Å². The normalized spacial score (nSPS) is 10.8. The molecule has 0 aliphatic heterocycles. The summed E-state index contributed by atoms with van der Waals surface area (Å²) in [7, 11) is 0. The lowest BCUT2D eigenvalue weighted by atomic mass is 10.2. The van der Waals surface area contributed by atoms with Crippen molar-refractivity contribution < 1.29 is 0 Å². The Bertz CT molecular complexity index is 339. The number of nitrogens with zero attached hydrogens (tertiary/aromatic N) is 2. The van der Waals surface area contributed by atoms with Crippen LogP contribution >= 0.6 is 0 Å². The zero-order valence-electron chi connectivity index (χ0n) is 7.96. The van der Waals surface area contributed by atoms with Crippen molar-refractivity contribution in [2.45, 2.75) is 33.7 Å². The van der Waals surface area contributed by atoms with Crippen molar-refractivity contribution in [1.29, 1.82) is 0 Å². The molecule has 0 fully saturated rings. The maximum absolute atomic E-state index is 11.5. The molecule has 3 nitrogen and oxygen atoms in total. The van der Waals surface area contributed by atoms with Gasteiger partial charge in [0.1, 0.15) is 0 Å². The molecule has 0 spiro atoms. The van der Waals surface area contributed by atoms with Crippen LogP contribution in [0.25, 0.3) is 0 Å². The number of aromatic nitrogens is 2. The predicted octanol–water partition coefficient (Wildman–Crippen LogP) is 1.44. The Labute approximate surface area is 72.0 Å². The van der Waals surface area contributed by atoms with Crippen LogP contribution < -0.4 is 5.56 Å². The molecule has 0 saturated heterocycles. The van der Waals surface area contributed by atoms with Crippen LogP contribution in [0.2, 0.25) is 0 Å². The minimum Gasteiger partial charge on any atom is -0.267 e. The summed E-state index contributed by atoms with van der Waals surface area (Å²) in [6.45, 7) is 7.62. The van der Waals surface area contributed by atoms with E-state index in [-0.39, 0.29) is 11.6 Å². The van der Waals surface area contributed by atoms with Gasteiger partial charge in [0, 0.05) is 5.56 Å². The second-order valence-electron chi connectivity index (χ2n) is 3.30. The van der Waals surface area contributed by atoms with Crippen LogP contribution in [-0.2, 0) is 0 Å². The standard InChI is InChI=1S/C9H14N2O/c1-6(2)11-9(12)8(4)7(3)5-10-11/h5-6H,1-4H3. The quantitative estimate of drug-likeness (QED) is 0.632. The molecule has 12 heavy (non-hydrogen) atoms. The van der Waals surface area contributed by atoms with Crippen molar-refractivity contribution >= 4 is 0 Å². The number of hydrogen-bond acceptors (Lipinski definition) is 2. The first kappa shape index (κ1) is 8.97. The average molecular weight is 166 g/mol. The summed E-state index contributed by atoms with van der Waals surface area (Å²) in [4.78, 5) is 11.5. The lowest BCUT2D eigenvalue weighted by Gasteiger charge is -2.09. The molecule has 0 radical (unpaired) electrons. The molecule has 0 bridgehead atoms. The van der Waals surface area contributed by atoms with Crippen molar-refractivity contribution in [2.24, 2.45) is 0 Å². The van der Waals surface area contributed by atoms with E-state index in [2.05, 4.69) is 5.10 Å². The van der Waals surface area contributed by atoms with Gasteiger partial charge in [-0.25, -0.2) is 4.68 Å². The maximum atomic E-state index is 11.5. The minimum atomic E-state index is 0.0185. The first-order chi connectivity index (χ1) is 5.54. The zero-order valence-corrected chi connectivity index (χ0v) is 7.96. The van der Waals surface area contributed by atoms with Crippen LogP contribution in [-0.4, -0.2) is 9.78 Å².